The van der Waals surface area contributed by atoms with Crippen LogP contribution in [0.15, 0.2) is 22.7 Å². The number of aliphatic carboxylic acids is 1. The number of ether oxygens (including phenoxy) is 2. The van der Waals surface area contributed by atoms with Crippen molar-refractivity contribution < 1.29 is 24.2 Å². The number of methoxy groups -OCH3 is 1. The summed E-state index contributed by atoms with van der Waals surface area (Å²) in [4.78, 5) is 21.5. The van der Waals surface area contributed by atoms with Crippen LogP contribution in [0.2, 0.25) is 0 Å². The first-order valence-electron chi connectivity index (χ1n) is 6.05. The monoisotopic (exact) mass is 357 g/mol. The van der Waals surface area contributed by atoms with E-state index < -0.39 is 17.8 Å². The van der Waals surface area contributed by atoms with Crippen molar-refractivity contribution >= 4 is 33.9 Å². The van der Waals surface area contributed by atoms with Crippen LogP contribution in [0.4, 0.5) is 0 Å². The second-order valence-electron chi connectivity index (χ2n) is 4.32. The van der Waals surface area contributed by atoms with Crippen molar-refractivity contribution in [1.29, 1.82) is 0 Å². The van der Waals surface area contributed by atoms with E-state index >= 15 is 0 Å². The molecule has 1 aromatic rings. The fourth-order valence-electron chi connectivity index (χ4n) is 1.43. The molecule has 0 heterocycles. The molecule has 3 N–H and O–H groups in total. The number of halogens is 1. The zero-order chi connectivity index (χ0) is 16.0. The molecule has 0 aromatic heterocycles. The lowest BCUT2D eigenvalue weighted by molar-refractivity contribution is -0.131. The first-order chi connectivity index (χ1) is 9.85. The van der Waals surface area contributed by atoms with E-state index in [0.717, 1.165) is 6.08 Å². The molecule has 0 saturated heterocycles. The van der Waals surface area contributed by atoms with Crippen molar-refractivity contribution in [2.24, 2.45) is 11.7 Å². The maximum atomic E-state index is 11.0. The zero-order valence-electron chi connectivity index (χ0n) is 11.6. The number of rotatable bonds is 7. The molecule has 21 heavy (non-hydrogen) atoms. The van der Waals surface area contributed by atoms with Crippen LogP contribution in [0.5, 0.6) is 11.5 Å². The van der Waals surface area contributed by atoms with Crippen LogP contribution in [0.3, 0.4) is 0 Å². The summed E-state index contributed by atoms with van der Waals surface area (Å²) in [5.41, 5.74) is 5.81. The molecule has 7 heteroatoms. The number of carboxylic acid groups (broad SMARTS) is 1. The van der Waals surface area contributed by atoms with Gasteiger partial charge < -0.3 is 20.3 Å². The van der Waals surface area contributed by atoms with E-state index in [9.17, 15) is 9.59 Å². The Balaban J connectivity index is 2.99. The predicted molar refractivity (Wildman–Crippen MR) is 81.2 cm³/mol. The third-order valence-electron chi connectivity index (χ3n) is 2.63. The molecule has 0 aliphatic rings. The van der Waals surface area contributed by atoms with Gasteiger partial charge in [0.1, 0.15) is 0 Å². The van der Waals surface area contributed by atoms with Crippen LogP contribution in [0, 0.1) is 5.92 Å². The molecule has 0 aliphatic carbocycles. The molecule has 1 amide bonds. The molecule has 1 atom stereocenters. The van der Waals surface area contributed by atoms with Gasteiger partial charge in [0.2, 0.25) is 5.91 Å². The second kappa shape index (κ2) is 7.68. The largest absolute Gasteiger partial charge is 0.493 e. The third kappa shape index (κ3) is 5.11. The summed E-state index contributed by atoms with van der Waals surface area (Å²) in [7, 11) is 1.47. The molecule has 0 bridgehead atoms. The predicted octanol–water partition coefficient (Wildman–Crippen LogP) is 2.06. The van der Waals surface area contributed by atoms with E-state index in [1.165, 1.54) is 13.2 Å². The van der Waals surface area contributed by atoms with Gasteiger partial charge in [0, 0.05) is 6.08 Å². The molecule has 0 spiro atoms. The Morgan fingerprint density at radius 2 is 2.14 bits per heavy atom. The molecular formula is C14H16BrNO5. The highest BCUT2D eigenvalue weighted by Crippen LogP contribution is 2.37. The van der Waals surface area contributed by atoms with Crippen molar-refractivity contribution in [2.45, 2.75) is 6.92 Å². The highest BCUT2D eigenvalue weighted by Gasteiger charge is 2.15. The number of benzene rings is 1. The van der Waals surface area contributed by atoms with E-state index in [4.69, 9.17) is 20.3 Å². The van der Waals surface area contributed by atoms with E-state index in [0.29, 0.717) is 21.5 Å². The van der Waals surface area contributed by atoms with Gasteiger partial charge >= 0.3 is 5.97 Å². The minimum atomic E-state index is -1.04. The fourth-order valence-corrected chi connectivity index (χ4v) is 2.01. The average molecular weight is 358 g/mol. The van der Waals surface area contributed by atoms with Gasteiger partial charge in [-0.25, -0.2) is 4.79 Å². The minimum absolute atomic E-state index is 0.120. The van der Waals surface area contributed by atoms with E-state index in [1.807, 2.05) is 0 Å². The number of carboxylic acids is 1. The lowest BCUT2D eigenvalue weighted by Gasteiger charge is -2.15. The lowest BCUT2D eigenvalue weighted by atomic mass is 10.1. The van der Waals surface area contributed by atoms with Crippen LogP contribution in [0.1, 0.15) is 12.5 Å². The quantitative estimate of drug-likeness (QED) is 0.727. The Hall–Kier alpha value is -2.02. The van der Waals surface area contributed by atoms with Crippen LogP contribution in [0.25, 0.3) is 6.08 Å². The van der Waals surface area contributed by atoms with Gasteiger partial charge in [-0.15, -0.1) is 0 Å². The summed E-state index contributed by atoms with van der Waals surface area (Å²) < 4.78 is 11.3. The van der Waals surface area contributed by atoms with Crippen molar-refractivity contribution in [1.82, 2.24) is 0 Å². The average Bonchev–Trinajstić information content (AvgIpc) is 2.42. The fraction of sp³-hybridized carbons (Fsp3) is 0.286. The number of amides is 1. The van der Waals surface area contributed by atoms with E-state index in [2.05, 4.69) is 15.9 Å². The molecule has 1 unspecified atom stereocenters. The van der Waals surface area contributed by atoms with E-state index in [1.54, 1.807) is 19.1 Å². The number of hydrogen-bond donors (Lipinski definition) is 2. The first kappa shape index (κ1) is 17.0. The summed E-state index contributed by atoms with van der Waals surface area (Å²) in [6.07, 6.45) is 2.46. The highest BCUT2D eigenvalue weighted by molar-refractivity contribution is 9.10. The van der Waals surface area contributed by atoms with Crippen molar-refractivity contribution in [3.05, 3.63) is 28.2 Å². The van der Waals surface area contributed by atoms with Crippen LogP contribution >= 0.6 is 15.9 Å². The number of hydrogen-bond acceptors (Lipinski definition) is 4. The molecule has 114 valence electrons. The Kier molecular flexibility index (Phi) is 6.23. The molecule has 1 rings (SSSR count). The summed E-state index contributed by atoms with van der Waals surface area (Å²) in [6, 6.07) is 3.32. The normalized spacial score (nSPS) is 12.1. The first-order valence-corrected chi connectivity index (χ1v) is 6.85. The molecule has 6 nitrogen and oxygen atoms in total. The van der Waals surface area contributed by atoms with Crippen LogP contribution < -0.4 is 15.2 Å². The standard InChI is InChI=1S/C14H16BrNO5/c1-8(14(16)19)7-21-13-10(15)5-9(3-4-12(17)18)6-11(13)20-2/h3-6,8H,7H2,1-2H3,(H2,16,19)(H,17,18)/b4-3+. The van der Waals surface area contributed by atoms with Crippen molar-refractivity contribution in [3.63, 3.8) is 0 Å². The van der Waals surface area contributed by atoms with Crippen LogP contribution in [-0.4, -0.2) is 30.7 Å². The lowest BCUT2D eigenvalue weighted by Crippen LogP contribution is -2.25. The summed E-state index contributed by atoms with van der Waals surface area (Å²) >= 11 is 3.33. The van der Waals surface area contributed by atoms with Crippen molar-refractivity contribution in [3.8, 4) is 11.5 Å². The smallest absolute Gasteiger partial charge is 0.328 e. The second-order valence-corrected chi connectivity index (χ2v) is 5.17. The van der Waals surface area contributed by atoms with Gasteiger partial charge in [-0.2, -0.15) is 0 Å². The van der Waals surface area contributed by atoms with Crippen LogP contribution in [-0.2, 0) is 9.59 Å². The van der Waals surface area contributed by atoms with Gasteiger partial charge in [0.05, 0.1) is 24.1 Å². The van der Waals surface area contributed by atoms with Gasteiger partial charge in [-0.3, -0.25) is 4.79 Å². The zero-order valence-corrected chi connectivity index (χ0v) is 13.2. The van der Waals surface area contributed by atoms with Gasteiger partial charge in [0.15, 0.2) is 11.5 Å². The summed E-state index contributed by atoms with van der Waals surface area (Å²) in [5, 5.41) is 8.62. The topological polar surface area (TPSA) is 98.8 Å². The van der Waals surface area contributed by atoms with Gasteiger partial charge in [0.25, 0.3) is 0 Å². The third-order valence-corrected chi connectivity index (χ3v) is 3.22. The highest BCUT2D eigenvalue weighted by atomic mass is 79.9. The Morgan fingerprint density at radius 3 is 2.67 bits per heavy atom. The van der Waals surface area contributed by atoms with Gasteiger partial charge in [-0.05, 0) is 39.7 Å². The molecule has 1 aromatic carbocycles. The molecule has 0 radical (unpaired) electrons. The van der Waals surface area contributed by atoms with E-state index in [-0.39, 0.29) is 6.61 Å². The maximum Gasteiger partial charge on any atom is 0.328 e. The number of nitrogens with two attached hydrogens (primary N) is 1. The maximum absolute atomic E-state index is 11.0. The number of carbonyl (C=O) groups is 2. The molecule has 0 aliphatic heterocycles. The molecule has 0 fully saturated rings. The number of primary amides is 1. The number of carbonyl (C=O) groups excluding carboxylic acids is 1. The Bertz CT molecular complexity index is 571. The Labute approximate surface area is 130 Å². The SMILES string of the molecule is COc1cc(/C=C/C(=O)O)cc(Br)c1OCC(C)C(N)=O. The molecule has 0 saturated carbocycles. The summed E-state index contributed by atoms with van der Waals surface area (Å²) in [6.45, 7) is 1.78. The Morgan fingerprint density at radius 1 is 1.48 bits per heavy atom. The summed E-state index contributed by atoms with van der Waals surface area (Å²) in [5.74, 6) is -1.08. The minimum Gasteiger partial charge on any atom is -0.493 e. The molecular weight excluding hydrogens is 342 g/mol. The van der Waals surface area contributed by atoms with Crippen molar-refractivity contribution in [2.75, 3.05) is 13.7 Å². The van der Waals surface area contributed by atoms with Gasteiger partial charge in [-0.1, -0.05) is 6.92 Å².